The number of nitrogens with one attached hydrogen (secondary N) is 1. The molecule has 0 radical (unpaired) electrons. The number of methoxy groups -OCH3 is 1. The first-order valence-corrected chi connectivity index (χ1v) is 7.15. The van der Waals surface area contributed by atoms with Crippen molar-refractivity contribution in [2.45, 2.75) is 26.3 Å². The van der Waals surface area contributed by atoms with E-state index in [-0.39, 0.29) is 11.9 Å². The Bertz CT molecular complexity index is 588. The minimum absolute atomic E-state index is 0.0280. The normalized spacial score (nSPS) is 11.8. The zero-order valence-corrected chi connectivity index (χ0v) is 12.7. The van der Waals surface area contributed by atoms with Crippen LogP contribution < -0.4 is 10.1 Å². The largest absolute Gasteiger partial charge is 0.497 e. The van der Waals surface area contributed by atoms with Gasteiger partial charge < -0.3 is 10.1 Å². The number of carbonyl (C=O) groups excluding carboxylic acids is 1. The van der Waals surface area contributed by atoms with Crippen molar-refractivity contribution in [3.8, 4) is 5.75 Å². The molecule has 2 aromatic carbocycles. The van der Waals surface area contributed by atoms with Gasteiger partial charge in [-0.2, -0.15) is 0 Å². The van der Waals surface area contributed by atoms with Crippen molar-refractivity contribution in [2.24, 2.45) is 0 Å². The number of hydrogen-bond donors (Lipinski definition) is 1. The summed E-state index contributed by atoms with van der Waals surface area (Å²) < 4.78 is 5.10. The summed E-state index contributed by atoms with van der Waals surface area (Å²) in [6.45, 7) is 4.12. The molecule has 21 heavy (non-hydrogen) atoms. The van der Waals surface area contributed by atoms with Gasteiger partial charge >= 0.3 is 0 Å². The summed E-state index contributed by atoms with van der Waals surface area (Å²) in [6, 6.07) is 15.4. The summed E-state index contributed by atoms with van der Waals surface area (Å²) in [7, 11) is 1.61. The van der Waals surface area contributed by atoms with Crippen LogP contribution in [0.3, 0.4) is 0 Å². The molecule has 3 heteroatoms. The molecule has 0 heterocycles. The molecule has 2 rings (SSSR count). The van der Waals surface area contributed by atoms with E-state index >= 15 is 0 Å². The molecule has 0 fully saturated rings. The van der Waals surface area contributed by atoms with E-state index < -0.39 is 0 Å². The van der Waals surface area contributed by atoms with Gasteiger partial charge in [-0.15, -0.1) is 0 Å². The van der Waals surface area contributed by atoms with E-state index in [1.807, 2.05) is 0 Å². The smallest absolute Gasteiger partial charge is 0.251 e. The number of amides is 1. The maximum atomic E-state index is 12.3. The Labute approximate surface area is 126 Å². The van der Waals surface area contributed by atoms with Crippen LogP contribution >= 0.6 is 0 Å². The van der Waals surface area contributed by atoms with Crippen molar-refractivity contribution in [1.82, 2.24) is 5.32 Å². The molecule has 1 amide bonds. The predicted molar refractivity (Wildman–Crippen MR) is 84.7 cm³/mol. The van der Waals surface area contributed by atoms with Gasteiger partial charge in [-0.05, 0) is 43.2 Å². The minimum atomic E-state index is -0.0647. The van der Waals surface area contributed by atoms with E-state index in [4.69, 9.17) is 4.74 Å². The molecular weight excluding hydrogens is 262 g/mol. The van der Waals surface area contributed by atoms with Gasteiger partial charge in [-0.1, -0.05) is 36.8 Å². The lowest BCUT2D eigenvalue weighted by atomic mass is 10.0. The van der Waals surface area contributed by atoms with E-state index in [1.54, 1.807) is 31.4 Å². The Morgan fingerprint density at radius 1 is 1.10 bits per heavy atom. The molecule has 1 N–H and O–H groups in total. The van der Waals surface area contributed by atoms with Crippen LogP contribution in [0.5, 0.6) is 5.75 Å². The predicted octanol–water partition coefficient (Wildman–Crippen LogP) is 3.88. The molecule has 110 valence electrons. The minimum Gasteiger partial charge on any atom is -0.497 e. The summed E-state index contributed by atoms with van der Waals surface area (Å²) in [4.78, 5) is 12.3. The maximum absolute atomic E-state index is 12.3. The molecule has 0 spiro atoms. The Hall–Kier alpha value is -2.29. The third-order valence-corrected chi connectivity index (χ3v) is 3.55. The highest BCUT2D eigenvalue weighted by Gasteiger charge is 2.14. The van der Waals surface area contributed by atoms with Crippen LogP contribution in [0.2, 0.25) is 0 Å². The quantitative estimate of drug-likeness (QED) is 0.904. The summed E-state index contributed by atoms with van der Waals surface area (Å²) in [6.07, 6.45) is 0.852. The van der Waals surface area contributed by atoms with Gasteiger partial charge in [-0.25, -0.2) is 0 Å². The molecule has 0 saturated heterocycles. The van der Waals surface area contributed by atoms with Crippen LogP contribution in [0.4, 0.5) is 0 Å². The fourth-order valence-electron chi connectivity index (χ4n) is 2.20. The lowest BCUT2D eigenvalue weighted by Crippen LogP contribution is -2.28. The van der Waals surface area contributed by atoms with Gasteiger partial charge in [0.05, 0.1) is 13.2 Å². The van der Waals surface area contributed by atoms with Crippen LogP contribution in [0.15, 0.2) is 48.5 Å². The van der Waals surface area contributed by atoms with Gasteiger partial charge in [-0.3, -0.25) is 4.79 Å². The van der Waals surface area contributed by atoms with Gasteiger partial charge in [0.25, 0.3) is 5.91 Å². The molecular formula is C18H21NO2. The molecule has 1 atom stereocenters. The Kier molecular flexibility index (Phi) is 4.99. The first-order valence-electron chi connectivity index (χ1n) is 7.15. The first kappa shape index (κ1) is 15.1. The number of ether oxygens (including phenoxy) is 1. The molecule has 0 aliphatic rings. The van der Waals surface area contributed by atoms with E-state index in [9.17, 15) is 4.79 Å². The second-order valence-electron chi connectivity index (χ2n) is 5.07. The number of benzene rings is 2. The molecule has 0 aliphatic carbocycles. The monoisotopic (exact) mass is 283 g/mol. The van der Waals surface area contributed by atoms with Crippen LogP contribution in [-0.4, -0.2) is 13.0 Å². The highest BCUT2D eigenvalue weighted by Crippen LogP contribution is 2.18. The van der Waals surface area contributed by atoms with Crippen molar-refractivity contribution >= 4 is 5.91 Å². The summed E-state index contributed by atoms with van der Waals surface area (Å²) in [5.74, 6) is 0.683. The van der Waals surface area contributed by atoms with E-state index in [1.165, 1.54) is 5.56 Å². The highest BCUT2D eigenvalue weighted by atomic mass is 16.5. The maximum Gasteiger partial charge on any atom is 0.251 e. The van der Waals surface area contributed by atoms with Crippen molar-refractivity contribution in [3.63, 3.8) is 0 Å². The molecule has 0 saturated carbocycles. The second kappa shape index (κ2) is 6.93. The molecule has 0 unspecified atom stereocenters. The lowest BCUT2D eigenvalue weighted by Gasteiger charge is -2.18. The van der Waals surface area contributed by atoms with Gasteiger partial charge in [0.2, 0.25) is 0 Å². The van der Waals surface area contributed by atoms with Gasteiger partial charge in [0.15, 0.2) is 0 Å². The Morgan fingerprint density at radius 2 is 1.71 bits per heavy atom. The third-order valence-electron chi connectivity index (χ3n) is 3.55. The molecule has 0 aliphatic heterocycles. The molecule has 2 aromatic rings. The number of hydrogen-bond acceptors (Lipinski definition) is 2. The van der Waals surface area contributed by atoms with E-state index in [0.717, 1.165) is 17.7 Å². The average molecular weight is 283 g/mol. The Balaban J connectivity index is 2.10. The number of aryl methyl sites for hydroxylation is 1. The topological polar surface area (TPSA) is 38.3 Å². The van der Waals surface area contributed by atoms with Crippen molar-refractivity contribution in [3.05, 3.63) is 65.2 Å². The summed E-state index contributed by atoms with van der Waals surface area (Å²) in [5, 5.41) is 3.08. The van der Waals surface area contributed by atoms with E-state index in [2.05, 4.69) is 43.4 Å². The SMILES string of the molecule is CC[C@H](NC(=O)c1ccc(OC)cc1)c1ccc(C)cc1. The third kappa shape index (κ3) is 3.85. The van der Waals surface area contributed by atoms with Crippen LogP contribution in [-0.2, 0) is 0 Å². The zero-order valence-electron chi connectivity index (χ0n) is 12.7. The molecule has 3 nitrogen and oxygen atoms in total. The number of rotatable bonds is 5. The highest BCUT2D eigenvalue weighted by molar-refractivity contribution is 5.94. The second-order valence-corrected chi connectivity index (χ2v) is 5.07. The standard InChI is InChI=1S/C18H21NO2/c1-4-17(14-7-5-13(2)6-8-14)19-18(20)15-9-11-16(21-3)12-10-15/h5-12,17H,4H2,1-3H3,(H,19,20)/t17-/m0/s1. The van der Waals surface area contributed by atoms with Crippen LogP contribution in [0, 0.1) is 6.92 Å². The average Bonchev–Trinajstić information content (AvgIpc) is 2.53. The molecule has 0 bridgehead atoms. The van der Waals surface area contributed by atoms with Crippen LogP contribution in [0.1, 0.15) is 40.9 Å². The zero-order chi connectivity index (χ0) is 15.2. The van der Waals surface area contributed by atoms with Crippen molar-refractivity contribution in [2.75, 3.05) is 7.11 Å². The van der Waals surface area contributed by atoms with Gasteiger partial charge in [0, 0.05) is 5.56 Å². The lowest BCUT2D eigenvalue weighted by molar-refractivity contribution is 0.0935. The Morgan fingerprint density at radius 3 is 2.24 bits per heavy atom. The fraction of sp³-hybridized carbons (Fsp3) is 0.278. The number of carbonyl (C=O) groups is 1. The molecule has 0 aromatic heterocycles. The van der Waals surface area contributed by atoms with E-state index in [0.29, 0.717) is 5.56 Å². The van der Waals surface area contributed by atoms with Crippen molar-refractivity contribution < 1.29 is 9.53 Å². The first-order chi connectivity index (χ1) is 10.1. The van der Waals surface area contributed by atoms with Crippen LogP contribution in [0.25, 0.3) is 0 Å². The van der Waals surface area contributed by atoms with Gasteiger partial charge in [0.1, 0.15) is 5.75 Å². The van der Waals surface area contributed by atoms with Crippen molar-refractivity contribution in [1.29, 1.82) is 0 Å². The fourth-order valence-corrected chi connectivity index (χ4v) is 2.20. The summed E-state index contributed by atoms with van der Waals surface area (Å²) >= 11 is 0. The summed E-state index contributed by atoms with van der Waals surface area (Å²) in [5.41, 5.74) is 2.99.